The summed E-state index contributed by atoms with van der Waals surface area (Å²) in [5.74, 6) is 0. The molecule has 5 nitrogen and oxygen atoms in total. The van der Waals surface area contributed by atoms with Crippen LogP contribution in [0.4, 0.5) is 5.69 Å². The summed E-state index contributed by atoms with van der Waals surface area (Å²) < 4.78 is 0. The molecule has 1 aromatic carbocycles. The first-order chi connectivity index (χ1) is 8.40. The topological polar surface area (TPSA) is 72.4 Å². The van der Waals surface area contributed by atoms with Crippen LogP contribution in [-0.4, -0.2) is 28.6 Å². The second kappa shape index (κ2) is 5.93. The number of benzene rings is 1. The molecule has 5 heteroatoms. The van der Waals surface area contributed by atoms with Gasteiger partial charge in [-0.1, -0.05) is 26.0 Å². The number of nitro benzene ring substituents is 1. The lowest BCUT2D eigenvalue weighted by molar-refractivity contribution is -0.384. The van der Waals surface area contributed by atoms with Crippen LogP contribution in [0.5, 0.6) is 0 Å². The van der Waals surface area contributed by atoms with Crippen molar-refractivity contribution in [2.24, 2.45) is 5.73 Å². The van der Waals surface area contributed by atoms with Crippen LogP contribution in [0.25, 0.3) is 0 Å². The van der Waals surface area contributed by atoms with Crippen molar-refractivity contribution in [2.45, 2.75) is 32.9 Å². The number of nitrogens with zero attached hydrogens (tertiary/aromatic N) is 2. The van der Waals surface area contributed by atoms with Gasteiger partial charge in [0.05, 0.1) is 10.6 Å². The van der Waals surface area contributed by atoms with Gasteiger partial charge in [0.25, 0.3) is 5.69 Å². The zero-order valence-corrected chi connectivity index (χ0v) is 11.2. The van der Waals surface area contributed by atoms with Crippen molar-refractivity contribution in [1.82, 2.24) is 4.90 Å². The monoisotopic (exact) mass is 251 g/mol. The average molecular weight is 251 g/mol. The van der Waals surface area contributed by atoms with E-state index in [4.69, 9.17) is 5.73 Å². The molecule has 0 spiro atoms. The molecule has 0 aromatic heterocycles. The molecule has 0 aliphatic heterocycles. The smallest absolute Gasteiger partial charge is 0.269 e. The highest BCUT2D eigenvalue weighted by Crippen LogP contribution is 2.19. The minimum Gasteiger partial charge on any atom is -0.313 e. The molecule has 1 atom stereocenters. The molecule has 2 N–H and O–H groups in total. The highest BCUT2D eigenvalue weighted by Gasteiger charge is 2.25. The molecule has 0 saturated heterocycles. The SMILES string of the molecule is CCN(CC)C(C)(N)Cc1cccc([N+](=O)[O-])c1. The Bertz CT molecular complexity index is 414. The summed E-state index contributed by atoms with van der Waals surface area (Å²) in [5.41, 5.74) is 6.81. The van der Waals surface area contributed by atoms with Gasteiger partial charge < -0.3 is 5.73 Å². The van der Waals surface area contributed by atoms with E-state index in [-0.39, 0.29) is 10.6 Å². The van der Waals surface area contributed by atoms with Crippen LogP contribution in [0.15, 0.2) is 24.3 Å². The molecule has 0 bridgehead atoms. The van der Waals surface area contributed by atoms with Gasteiger partial charge in [0.2, 0.25) is 0 Å². The minimum atomic E-state index is -0.487. The van der Waals surface area contributed by atoms with Gasteiger partial charge in [-0.15, -0.1) is 0 Å². The molecule has 0 heterocycles. The Balaban J connectivity index is 2.89. The lowest BCUT2D eigenvalue weighted by atomic mass is 10.00. The van der Waals surface area contributed by atoms with Gasteiger partial charge in [0.15, 0.2) is 0 Å². The van der Waals surface area contributed by atoms with Crippen molar-refractivity contribution in [3.63, 3.8) is 0 Å². The van der Waals surface area contributed by atoms with E-state index in [0.29, 0.717) is 6.42 Å². The molecule has 0 aliphatic carbocycles. The quantitative estimate of drug-likeness (QED) is 0.477. The number of hydrogen-bond acceptors (Lipinski definition) is 4. The van der Waals surface area contributed by atoms with Crippen molar-refractivity contribution in [3.05, 3.63) is 39.9 Å². The highest BCUT2D eigenvalue weighted by atomic mass is 16.6. The van der Waals surface area contributed by atoms with E-state index in [1.54, 1.807) is 12.1 Å². The first-order valence-corrected chi connectivity index (χ1v) is 6.18. The molecule has 0 aliphatic rings. The fourth-order valence-electron chi connectivity index (χ4n) is 2.25. The molecular formula is C13H21N3O2. The van der Waals surface area contributed by atoms with E-state index in [1.165, 1.54) is 6.07 Å². The molecule has 0 fully saturated rings. The Morgan fingerprint density at radius 3 is 2.50 bits per heavy atom. The molecule has 0 saturated carbocycles. The lowest BCUT2D eigenvalue weighted by Crippen LogP contribution is -2.55. The largest absolute Gasteiger partial charge is 0.313 e. The number of nitrogens with two attached hydrogens (primary N) is 1. The third kappa shape index (κ3) is 3.51. The first kappa shape index (κ1) is 14.6. The maximum Gasteiger partial charge on any atom is 0.269 e. The molecule has 0 radical (unpaired) electrons. The first-order valence-electron chi connectivity index (χ1n) is 6.18. The van der Waals surface area contributed by atoms with Gasteiger partial charge >= 0.3 is 0 Å². The second-order valence-electron chi connectivity index (χ2n) is 4.63. The van der Waals surface area contributed by atoms with Crippen LogP contribution in [-0.2, 0) is 6.42 Å². The van der Waals surface area contributed by atoms with Gasteiger partial charge in [0, 0.05) is 18.6 Å². The minimum absolute atomic E-state index is 0.114. The average Bonchev–Trinajstić information content (AvgIpc) is 2.29. The molecule has 100 valence electrons. The third-order valence-electron chi connectivity index (χ3n) is 3.17. The predicted molar refractivity (Wildman–Crippen MR) is 72.3 cm³/mol. The van der Waals surface area contributed by atoms with Crippen molar-refractivity contribution < 1.29 is 4.92 Å². The Morgan fingerprint density at radius 2 is 2.00 bits per heavy atom. The number of hydrogen-bond donors (Lipinski definition) is 1. The van der Waals surface area contributed by atoms with E-state index in [0.717, 1.165) is 18.7 Å². The van der Waals surface area contributed by atoms with Crippen molar-refractivity contribution in [2.75, 3.05) is 13.1 Å². The van der Waals surface area contributed by atoms with Crippen molar-refractivity contribution in [1.29, 1.82) is 0 Å². The van der Waals surface area contributed by atoms with Crippen molar-refractivity contribution in [3.8, 4) is 0 Å². The van der Waals surface area contributed by atoms with Gasteiger partial charge in [-0.3, -0.25) is 15.0 Å². The fourth-order valence-corrected chi connectivity index (χ4v) is 2.25. The predicted octanol–water partition coefficient (Wildman–Crippen LogP) is 2.15. The summed E-state index contributed by atoms with van der Waals surface area (Å²) in [7, 11) is 0. The van der Waals surface area contributed by atoms with Gasteiger partial charge in [-0.2, -0.15) is 0 Å². The van der Waals surface area contributed by atoms with Crippen LogP contribution in [0, 0.1) is 10.1 Å². The summed E-state index contributed by atoms with van der Waals surface area (Å²) in [4.78, 5) is 12.5. The van der Waals surface area contributed by atoms with E-state index in [9.17, 15) is 10.1 Å². The fraction of sp³-hybridized carbons (Fsp3) is 0.538. The van der Waals surface area contributed by atoms with Crippen LogP contribution < -0.4 is 5.73 Å². The zero-order valence-electron chi connectivity index (χ0n) is 11.2. The van der Waals surface area contributed by atoms with Crippen LogP contribution in [0.1, 0.15) is 26.3 Å². The normalized spacial score (nSPS) is 14.5. The van der Waals surface area contributed by atoms with Crippen molar-refractivity contribution >= 4 is 5.69 Å². The maximum absolute atomic E-state index is 10.7. The van der Waals surface area contributed by atoms with E-state index in [1.807, 2.05) is 13.0 Å². The van der Waals surface area contributed by atoms with Crippen LogP contribution in [0.3, 0.4) is 0 Å². The third-order valence-corrected chi connectivity index (χ3v) is 3.17. The summed E-state index contributed by atoms with van der Waals surface area (Å²) in [6.45, 7) is 7.79. The number of non-ortho nitro benzene ring substituents is 1. The van der Waals surface area contributed by atoms with Gasteiger partial charge in [-0.05, 0) is 25.6 Å². The van der Waals surface area contributed by atoms with Crippen LogP contribution in [0.2, 0.25) is 0 Å². The zero-order chi connectivity index (χ0) is 13.8. The lowest BCUT2D eigenvalue weighted by Gasteiger charge is -2.37. The molecule has 0 amide bonds. The van der Waals surface area contributed by atoms with E-state index in [2.05, 4.69) is 18.7 Å². The Hall–Kier alpha value is -1.46. The molecular weight excluding hydrogens is 230 g/mol. The molecule has 18 heavy (non-hydrogen) atoms. The summed E-state index contributed by atoms with van der Waals surface area (Å²) in [6.07, 6.45) is 0.594. The highest BCUT2D eigenvalue weighted by molar-refractivity contribution is 5.34. The van der Waals surface area contributed by atoms with Gasteiger partial charge in [-0.25, -0.2) is 0 Å². The van der Waals surface area contributed by atoms with E-state index >= 15 is 0 Å². The second-order valence-corrected chi connectivity index (χ2v) is 4.63. The number of likely N-dealkylation sites (N-methyl/N-ethyl adjacent to an activating group) is 1. The van der Waals surface area contributed by atoms with Crippen LogP contribution >= 0.6 is 0 Å². The summed E-state index contributed by atoms with van der Waals surface area (Å²) >= 11 is 0. The summed E-state index contributed by atoms with van der Waals surface area (Å²) in [6, 6.07) is 6.66. The maximum atomic E-state index is 10.7. The van der Waals surface area contributed by atoms with Gasteiger partial charge in [0.1, 0.15) is 0 Å². The summed E-state index contributed by atoms with van der Waals surface area (Å²) in [5, 5.41) is 10.7. The Kier molecular flexibility index (Phi) is 4.81. The molecule has 1 rings (SSSR count). The van der Waals surface area contributed by atoms with E-state index < -0.39 is 5.66 Å². The molecule has 1 aromatic rings. The number of nitro groups is 1. The standard InChI is InChI=1S/C13H21N3O2/c1-4-15(5-2)13(3,14)10-11-7-6-8-12(9-11)16(17)18/h6-9H,4-5,10,14H2,1-3H3. The number of rotatable bonds is 6. The Labute approximate surface area is 108 Å². The Morgan fingerprint density at radius 1 is 1.39 bits per heavy atom. The molecule has 1 unspecified atom stereocenters.